The summed E-state index contributed by atoms with van der Waals surface area (Å²) in [6.45, 7) is 3.41. The fourth-order valence-corrected chi connectivity index (χ4v) is 2.46. The zero-order valence-corrected chi connectivity index (χ0v) is 16.8. The van der Waals surface area contributed by atoms with Crippen LogP contribution in [0.25, 0.3) is 0 Å². The van der Waals surface area contributed by atoms with E-state index in [1.807, 2.05) is 19.0 Å². The van der Waals surface area contributed by atoms with Crippen LogP contribution >= 0.6 is 36.4 Å². The van der Waals surface area contributed by atoms with E-state index in [0.717, 1.165) is 13.1 Å². The average Bonchev–Trinajstić information content (AvgIpc) is 2.50. The summed E-state index contributed by atoms with van der Waals surface area (Å²) in [5, 5.41) is 6.59. The number of rotatable bonds is 7. The molecule has 1 aliphatic heterocycles. The number of hydrogen-bond acceptors (Lipinski definition) is 5. The summed E-state index contributed by atoms with van der Waals surface area (Å²) >= 11 is 6.20. The largest absolute Gasteiger partial charge is 0.491 e. The standard InChI is InChI=1S/C16H24ClN3O3.2ClH/c1-20(2)6-8-23-15-4-3-12(9-14(15)17)19-16(21)10-13-11-22-7-5-18-13;;/h3-4,9,13,18H,5-8,10-11H2,1-2H3,(H,19,21);2*1H. The number of amides is 1. The minimum atomic E-state index is -0.0645. The Morgan fingerprint density at radius 2 is 2.20 bits per heavy atom. The highest BCUT2D eigenvalue weighted by Crippen LogP contribution is 2.27. The molecule has 1 atom stereocenters. The third kappa shape index (κ3) is 8.94. The van der Waals surface area contributed by atoms with Crippen molar-refractivity contribution < 1.29 is 14.3 Å². The Morgan fingerprint density at radius 3 is 2.80 bits per heavy atom. The van der Waals surface area contributed by atoms with Crippen LogP contribution in [0.5, 0.6) is 5.75 Å². The molecule has 1 aromatic carbocycles. The molecule has 1 unspecified atom stereocenters. The van der Waals surface area contributed by atoms with Crippen molar-refractivity contribution in [2.75, 3.05) is 52.3 Å². The van der Waals surface area contributed by atoms with E-state index in [0.29, 0.717) is 42.7 Å². The lowest BCUT2D eigenvalue weighted by Gasteiger charge is -2.23. The number of anilines is 1. The fraction of sp³-hybridized carbons (Fsp3) is 0.562. The number of ether oxygens (including phenoxy) is 2. The van der Waals surface area contributed by atoms with Gasteiger partial charge in [-0.05, 0) is 32.3 Å². The minimum absolute atomic E-state index is 0. The molecule has 1 aliphatic rings. The van der Waals surface area contributed by atoms with Gasteiger partial charge in [0.15, 0.2) is 0 Å². The van der Waals surface area contributed by atoms with Gasteiger partial charge in [0.05, 0.1) is 18.2 Å². The summed E-state index contributed by atoms with van der Waals surface area (Å²) in [6, 6.07) is 5.33. The molecule has 25 heavy (non-hydrogen) atoms. The molecule has 1 saturated heterocycles. The first kappa shape index (κ1) is 24.2. The van der Waals surface area contributed by atoms with Crippen molar-refractivity contribution in [3.8, 4) is 5.75 Å². The van der Waals surface area contributed by atoms with E-state index in [1.54, 1.807) is 18.2 Å². The number of carbonyl (C=O) groups excluding carboxylic acids is 1. The van der Waals surface area contributed by atoms with E-state index >= 15 is 0 Å². The maximum absolute atomic E-state index is 12.0. The number of likely N-dealkylation sites (N-methyl/N-ethyl adjacent to an activating group) is 1. The van der Waals surface area contributed by atoms with E-state index in [1.165, 1.54) is 0 Å². The highest BCUT2D eigenvalue weighted by molar-refractivity contribution is 6.32. The minimum Gasteiger partial charge on any atom is -0.491 e. The Hall–Kier alpha value is -0.760. The molecular formula is C16H26Cl3N3O3. The molecule has 0 saturated carbocycles. The Balaban J connectivity index is 0.00000288. The second kappa shape index (κ2) is 12.6. The molecule has 0 radical (unpaired) electrons. The first-order chi connectivity index (χ1) is 11.0. The van der Waals surface area contributed by atoms with Crippen molar-refractivity contribution >= 4 is 48.0 Å². The zero-order valence-electron chi connectivity index (χ0n) is 14.4. The number of carbonyl (C=O) groups is 1. The zero-order chi connectivity index (χ0) is 16.7. The molecule has 6 nitrogen and oxygen atoms in total. The van der Waals surface area contributed by atoms with Gasteiger partial charge >= 0.3 is 0 Å². The number of nitrogens with zero attached hydrogens (tertiary/aromatic N) is 1. The van der Waals surface area contributed by atoms with Crippen molar-refractivity contribution in [1.29, 1.82) is 0 Å². The second-order valence-electron chi connectivity index (χ2n) is 5.78. The number of hydrogen-bond donors (Lipinski definition) is 2. The lowest BCUT2D eigenvalue weighted by molar-refractivity contribution is -0.117. The van der Waals surface area contributed by atoms with Gasteiger partial charge in [0.2, 0.25) is 5.91 Å². The topological polar surface area (TPSA) is 62.8 Å². The molecule has 1 amide bonds. The Kier molecular flexibility index (Phi) is 12.2. The summed E-state index contributed by atoms with van der Waals surface area (Å²) in [5.41, 5.74) is 0.664. The molecule has 1 aromatic rings. The first-order valence-corrected chi connectivity index (χ1v) is 8.10. The average molecular weight is 415 g/mol. The third-order valence-electron chi connectivity index (χ3n) is 3.44. The van der Waals surface area contributed by atoms with Gasteiger partial charge in [0.1, 0.15) is 12.4 Å². The van der Waals surface area contributed by atoms with Crippen molar-refractivity contribution in [2.24, 2.45) is 0 Å². The molecule has 2 N–H and O–H groups in total. The summed E-state index contributed by atoms with van der Waals surface area (Å²) in [7, 11) is 3.96. The predicted molar refractivity (Wildman–Crippen MR) is 106 cm³/mol. The maximum Gasteiger partial charge on any atom is 0.226 e. The van der Waals surface area contributed by atoms with Gasteiger partial charge < -0.3 is 25.0 Å². The molecule has 1 heterocycles. The molecule has 0 spiro atoms. The van der Waals surface area contributed by atoms with Crippen LogP contribution in [0.15, 0.2) is 18.2 Å². The van der Waals surface area contributed by atoms with Gasteiger partial charge in [-0.1, -0.05) is 11.6 Å². The second-order valence-corrected chi connectivity index (χ2v) is 6.18. The van der Waals surface area contributed by atoms with E-state index in [9.17, 15) is 4.79 Å². The van der Waals surface area contributed by atoms with Gasteiger partial charge in [-0.3, -0.25) is 4.79 Å². The van der Waals surface area contributed by atoms with Crippen LogP contribution in [0, 0.1) is 0 Å². The molecule has 0 aromatic heterocycles. The van der Waals surface area contributed by atoms with Crippen LogP contribution in [0.3, 0.4) is 0 Å². The van der Waals surface area contributed by atoms with Crippen LogP contribution in [0.2, 0.25) is 5.02 Å². The summed E-state index contributed by atoms with van der Waals surface area (Å²) < 4.78 is 11.0. The van der Waals surface area contributed by atoms with E-state index < -0.39 is 0 Å². The van der Waals surface area contributed by atoms with Crippen molar-refractivity contribution in [3.63, 3.8) is 0 Å². The van der Waals surface area contributed by atoms with Gasteiger partial charge in [-0.25, -0.2) is 0 Å². The van der Waals surface area contributed by atoms with Crippen LogP contribution in [-0.4, -0.2) is 63.9 Å². The molecule has 144 valence electrons. The number of benzene rings is 1. The van der Waals surface area contributed by atoms with Gasteiger partial charge in [-0.2, -0.15) is 0 Å². The van der Waals surface area contributed by atoms with Crippen molar-refractivity contribution in [1.82, 2.24) is 10.2 Å². The quantitative estimate of drug-likeness (QED) is 0.717. The molecular weight excluding hydrogens is 389 g/mol. The Morgan fingerprint density at radius 1 is 1.44 bits per heavy atom. The van der Waals surface area contributed by atoms with Crippen LogP contribution in [0.1, 0.15) is 6.42 Å². The SMILES string of the molecule is CN(C)CCOc1ccc(NC(=O)CC2COCCN2)cc1Cl.Cl.Cl. The van der Waals surface area contributed by atoms with Gasteiger partial charge in [0, 0.05) is 31.2 Å². The maximum atomic E-state index is 12.0. The van der Waals surface area contributed by atoms with Crippen LogP contribution in [-0.2, 0) is 9.53 Å². The number of halogens is 3. The number of nitrogens with one attached hydrogen (secondary N) is 2. The lowest BCUT2D eigenvalue weighted by Crippen LogP contribution is -2.43. The third-order valence-corrected chi connectivity index (χ3v) is 3.74. The predicted octanol–water partition coefficient (Wildman–Crippen LogP) is 2.44. The summed E-state index contributed by atoms with van der Waals surface area (Å²) in [5.74, 6) is 0.555. The molecule has 1 fully saturated rings. The normalized spacial score (nSPS) is 16.6. The monoisotopic (exact) mass is 413 g/mol. The van der Waals surface area contributed by atoms with E-state index in [4.69, 9.17) is 21.1 Å². The van der Waals surface area contributed by atoms with Gasteiger partial charge in [-0.15, -0.1) is 24.8 Å². The van der Waals surface area contributed by atoms with E-state index in [2.05, 4.69) is 10.6 Å². The molecule has 0 bridgehead atoms. The first-order valence-electron chi connectivity index (χ1n) is 7.72. The summed E-state index contributed by atoms with van der Waals surface area (Å²) in [6.07, 6.45) is 0.374. The molecule has 0 aliphatic carbocycles. The molecule has 2 rings (SSSR count). The number of morpholine rings is 1. The highest BCUT2D eigenvalue weighted by atomic mass is 35.5. The molecule has 9 heteroatoms. The Labute approximate surface area is 166 Å². The highest BCUT2D eigenvalue weighted by Gasteiger charge is 2.17. The smallest absolute Gasteiger partial charge is 0.226 e. The van der Waals surface area contributed by atoms with Crippen molar-refractivity contribution in [3.05, 3.63) is 23.2 Å². The van der Waals surface area contributed by atoms with Crippen LogP contribution < -0.4 is 15.4 Å². The van der Waals surface area contributed by atoms with E-state index in [-0.39, 0.29) is 36.8 Å². The van der Waals surface area contributed by atoms with Crippen molar-refractivity contribution in [2.45, 2.75) is 12.5 Å². The summed E-state index contributed by atoms with van der Waals surface area (Å²) in [4.78, 5) is 14.1. The fourth-order valence-electron chi connectivity index (χ4n) is 2.22. The van der Waals surface area contributed by atoms with Gasteiger partial charge in [0.25, 0.3) is 0 Å². The van der Waals surface area contributed by atoms with Crippen LogP contribution in [0.4, 0.5) is 5.69 Å². The lowest BCUT2D eigenvalue weighted by atomic mass is 10.2. The Bertz CT molecular complexity index is 527.